The fourth-order valence-electron chi connectivity index (χ4n) is 1.22. The van der Waals surface area contributed by atoms with E-state index in [2.05, 4.69) is 22.4 Å². The number of aromatic nitrogens is 2. The lowest BCUT2D eigenvalue weighted by molar-refractivity contribution is -0.119. The molecule has 1 aromatic rings. The van der Waals surface area contributed by atoms with Gasteiger partial charge in [-0.2, -0.15) is 0 Å². The molecule has 0 aliphatic rings. The maximum absolute atomic E-state index is 11.2. The van der Waals surface area contributed by atoms with E-state index in [0.29, 0.717) is 5.13 Å². The van der Waals surface area contributed by atoms with Gasteiger partial charge in [-0.05, 0) is 6.42 Å². The van der Waals surface area contributed by atoms with Crippen LogP contribution in [0.1, 0.15) is 31.2 Å². The van der Waals surface area contributed by atoms with E-state index >= 15 is 0 Å². The summed E-state index contributed by atoms with van der Waals surface area (Å²) in [7, 11) is 1.48. The third-order valence-electron chi connectivity index (χ3n) is 1.98. The second-order valence-corrected chi connectivity index (χ2v) is 4.50. The van der Waals surface area contributed by atoms with Gasteiger partial charge in [0, 0.05) is 13.5 Å². The van der Waals surface area contributed by atoms with Gasteiger partial charge in [0.1, 0.15) is 11.6 Å². The topological polar surface area (TPSA) is 64.1 Å². The number of carbonyl (C=O) groups excluding carboxylic acids is 1. The molecule has 5 nitrogen and oxygen atoms in total. The Balaban J connectivity index is 2.36. The van der Waals surface area contributed by atoms with E-state index in [1.807, 2.05) is 0 Å². The second-order valence-electron chi connectivity index (χ2n) is 3.44. The van der Waals surface area contributed by atoms with Crippen LogP contribution in [0.3, 0.4) is 0 Å². The number of carbonyl (C=O) groups is 1. The third-order valence-corrected chi connectivity index (χ3v) is 2.88. The first-order chi connectivity index (χ1) is 7.76. The lowest BCUT2D eigenvalue weighted by Gasteiger charge is -1.97. The number of ether oxygens (including phenoxy) is 1. The normalized spacial score (nSPS) is 10.4. The lowest BCUT2D eigenvalue weighted by atomic mass is 10.2. The molecule has 0 aliphatic carbocycles. The Labute approximate surface area is 99.2 Å². The lowest BCUT2D eigenvalue weighted by Crippen LogP contribution is -2.16. The number of nitrogens with one attached hydrogen (secondary N) is 1. The summed E-state index contributed by atoms with van der Waals surface area (Å²) in [5.41, 5.74) is 0. The highest BCUT2D eigenvalue weighted by molar-refractivity contribution is 7.15. The van der Waals surface area contributed by atoms with Crippen molar-refractivity contribution in [3.63, 3.8) is 0 Å². The summed E-state index contributed by atoms with van der Waals surface area (Å²) in [6.07, 6.45) is 4.45. The summed E-state index contributed by atoms with van der Waals surface area (Å²) in [5, 5.41) is 12.1. The SMILES string of the molecule is CCCCCc1nnc(NC(=O)COC)s1. The number of amides is 1. The molecule has 0 bridgehead atoms. The molecule has 0 fully saturated rings. The van der Waals surface area contributed by atoms with Crippen molar-refractivity contribution in [3.05, 3.63) is 5.01 Å². The zero-order valence-electron chi connectivity index (χ0n) is 9.65. The van der Waals surface area contributed by atoms with Crippen LogP contribution in [0.25, 0.3) is 0 Å². The molecule has 0 spiro atoms. The van der Waals surface area contributed by atoms with Crippen LogP contribution in [0, 0.1) is 0 Å². The van der Waals surface area contributed by atoms with Crippen LogP contribution in [0.2, 0.25) is 0 Å². The molecule has 0 aromatic carbocycles. The van der Waals surface area contributed by atoms with Gasteiger partial charge >= 0.3 is 0 Å². The number of hydrogen-bond acceptors (Lipinski definition) is 5. The maximum Gasteiger partial charge on any atom is 0.252 e. The molecule has 1 aromatic heterocycles. The second kappa shape index (κ2) is 7.29. The van der Waals surface area contributed by atoms with E-state index in [0.717, 1.165) is 17.8 Å². The first-order valence-electron chi connectivity index (χ1n) is 5.37. The molecule has 1 rings (SSSR count). The third kappa shape index (κ3) is 4.67. The van der Waals surface area contributed by atoms with Gasteiger partial charge < -0.3 is 4.74 Å². The van der Waals surface area contributed by atoms with Gasteiger partial charge in [0.25, 0.3) is 5.91 Å². The van der Waals surface area contributed by atoms with Gasteiger partial charge in [-0.3, -0.25) is 10.1 Å². The number of hydrogen-bond donors (Lipinski definition) is 1. The average molecular weight is 243 g/mol. The summed E-state index contributed by atoms with van der Waals surface area (Å²) < 4.78 is 4.71. The number of unbranched alkanes of at least 4 members (excludes halogenated alkanes) is 2. The first kappa shape index (κ1) is 13.1. The number of rotatable bonds is 7. The van der Waals surface area contributed by atoms with Gasteiger partial charge in [0.15, 0.2) is 0 Å². The van der Waals surface area contributed by atoms with Crippen LogP contribution in [-0.2, 0) is 16.0 Å². The standard InChI is InChI=1S/C10H17N3O2S/c1-3-4-5-6-9-12-13-10(16-9)11-8(14)7-15-2/h3-7H2,1-2H3,(H,11,13,14). The zero-order valence-corrected chi connectivity index (χ0v) is 10.5. The fourth-order valence-corrected chi connectivity index (χ4v) is 2.02. The predicted octanol–water partition coefficient (Wildman–Crippen LogP) is 1.86. The number of anilines is 1. The quantitative estimate of drug-likeness (QED) is 0.742. The zero-order chi connectivity index (χ0) is 11.8. The fraction of sp³-hybridized carbons (Fsp3) is 0.700. The molecular weight excluding hydrogens is 226 g/mol. The number of methoxy groups -OCH3 is 1. The van der Waals surface area contributed by atoms with Crippen LogP contribution >= 0.6 is 11.3 Å². The molecule has 0 aliphatic heterocycles. The Kier molecular flexibility index (Phi) is 5.95. The molecule has 1 heterocycles. The van der Waals surface area contributed by atoms with Crippen LogP contribution in [0.5, 0.6) is 0 Å². The minimum atomic E-state index is -0.196. The molecule has 16 heavy (non-hydrogen) atoms. The van der Waals surface area contributed by atoms with Gasteiger partial charge in [-0.1, -0.05) is 31.1 Å². The molecule has 0 atom stereocenters. The highest BCUT2D eigenvalue weighted by atomic mass is 32.1. The van der Waals surface area contributed by atoms with Crippen molar-refractivity contribution in [3.8, 4) is 0 Å². The highest BCUT2D eigenvalue weighted by Crippen LogP contribution is 2.17. The highest BCUT2D eigenvalue weighted by Gasteiger charge is 2.07. The Morgan fingerprint density at radius 1 is 1.44 bits per heavy atom. The molecule has 0 unspecified atom stereocenters. The maximum atomic E-state index is 11.2. The average Bonchev–Trinajstić information content (AvgIpc) is 2.66. The van der Waals surface area contributed by atoms with Gasteiger partial charge in [-0.15, -0.1) is 10.2 Å². The van der Waals surface area contributed by atoms with Gasteiger partial charge in [0.2, 0.25) is 5.13 Å². The van der Waals surface area contributed by atoms with E-state index in [-0.39, 0.29) is 12.5 Å². The van der Waals surface area contributed by atoms with Crippen molar-refractivity contribution < 1.29 is 9.53 Å². The smallest absolute Gasteiger partial charge is 0.252 e. The van der Waals surface area contributed by atoms with E-state index in [9.17, 15) is 4.79 Å². The molecule has 90 valence electrons. The summed E-state index contributed by atoms with van der Waals surface area (Å²) in [6, 6.07) is 0. The molecule has 0 saturated heterocycles. The summed E-state index contributed by atoms with van der Waals surface area (Å²) in [5.74, 6) is -0.196. The van der Waals surface area contributed by atoms with Crippen molar-refractivity contribution in [1.82, 2.24) is 10.2 Å². The molecular formula is C10H17N3O2S. The Bertz CT molecular complexity index is 328. The minimum Gasteiger partial charge on any atom is -0.375 e. The first-order valence-corrected chi connectivity index (χ1v) is 6.19. The molecule has 0 radical (unpaired) electrons. The van der Waals surface area contributed by atoms with Crippen molar-refractivity contribution in [2.75, 3.05) is 19.0 Å². The molecule has 1 amide bonds. The monoisotopic (exact) mass is 243 g/mol. The van der Waals surface area contributed by atoms with Crippen molar-refractivity contribution in [2.24, 2.45) is 0 Å². The van der Waals surface area contributed by atoms with Gasteiger partial charge in [-0.25, -0.2) is 0 Å². The molecule has 1 N–H and O–H groups in total. The van der Waals surface area contributed by atoms with Crippen LogP contribution in [0.15, 0.2) is 0 Å². The van der Waals surface area contributed by atoms with Crippen molar-refractivity contribution >= 4 is 22.4 Å². The van der Waals surface area contributed by atoms with E-state index in [1.54, 1.807) is 0 Å². The molecule has 0 saturated carbocycles. The summed E-state index contributed by atoms with van der Waals surface area (Å²) in [6.45, 7) is 2.21. The molecule has 6 heteroatoms. The summed E-state index contributed by atoms with van der Waals surface area (Å²) >= 11 is 1.43. The van der Waals surface area contributed by atoms with Crippen molar-refractivity contribution in [2.45, 2.75) is 32.6 Å². The number of aryl methyl sites for hydroxylation is 1. The van der Waals surface area contributed by atoms with Crippen LogP contribution in [-0.4, -0.2) is 29.8 Å². The van der Waals surface area contributed by atoms with Crippen LogP contribution in [0.4, 0.5) is 5.13 Å². The van der Waals surface area contributed by atoms with Crippen molar-refractivity contribution in [1.29, 1.82) is 0 Å². The van der Waals surface area contributed by atoms with Gasteiger partial charge in [0.05, 0.1) is 0 Å². The Morgan fingerprint density at radius 2 is 2.25 bits per heavy atom. The largest absolute Gasteiger partial charge is 0.375 e. The van der Waals surface area contributed by atoms with Crippen LogP contribution < -0.4 is 5.32 Å². The summed E-state index contributed by atoms with van der Waals surface area (Å²) in [4.78, 5) is 11.2. The van der Waals surface area contributed by atoms with E-state index < -0.39 is 0 Å². The Morgan fingerprint density at radius 3 is 2.94 bits per heavy atom. The predicted molar refractivity (Wildman–Crippen MR) is 63.6 cm³/mol. The number of nitrogens with zero attached hydrogens (tertiary/aromatic N) is 2. The van der Waals surface area contributed by atoms with E-state index in [1.165, 1.54) is 31.3 Å². The van der Waals surface area contributed by atoms with E-state index in [4.69, 9.17) is 4.74 Å². The Hall–Kier alpha value is -1.01. The minimum absolute atomic E-state index is 0.0464.